The Kier molecular flexibility index (Phi) is 5.52. The fourth-order valence-electron chi connectivity index (χ4n) is 3.19. The number of aromatic nitrogens is 2. The molecular weight excluding hydrogens is 382 g/mol. The monoisotopic (exact) mass is 405 g/mol. The van der Waals surface area contributed by atoms with E-state index in [0.29, 0.717) is 35.6 Å². The Hall–Kier alpha value is -2.72. The van der Waals surface area contributed by atoms with E-state index in [1.165, 1.54) is 12.3 Å². The first kappa shape index (κ1) is 20.0. The third-order valence-electron chi connectivity index (χ3n) is 4.88. The van der Waals surface area contributed by atoms with Crippen molar-refractivity contribution in [2.45, 2.75) is 24.0 Å². The van der Waals surface area contributed by atoms with Crippen molar-refractivity contribution >= 4 is 27.4 Å². The Morgan fingerprint density at radius 1 is 1.25 bits per heavy atom. The summed E-state index contributed by atoms with van der Waals surface area (Å²) in [6.45, 7) is 0.0162. The van der Waals surface area contributed by atoms with Gasteiger partial charge in [-0.25, -0.2) is 23.2 Å². The molecule has 1 aromatic heterocycles. The van der Waals surface area contributed by atoms with Gasteiger partial charge < -0.3 is 21.5 Å². The van der Waals surface area contributed by atoms with E-state index < -0.39 is 20.6 Å². The van der Waals surface area contributed by atoms with Gasteiger partial charge in [0, 0.05) is 30.1 Å². The Bertz CT molecular complexity index is 972. The molecule has 0 radical (unpaired) electrons. The Balaban J connectivity index is 1.86. The van der Waals surface area contributed by atoms with Crippen LogP contribution in [0.15, 0.2) is 30.3 Å². The number of rotatable bonds is 6. The number of carbonyl (C=O) groups is 1. The van der Waals surface area contributed by atoms with Gasteiger partial charge in [0.25, 0.3) is 0 Å². The number of carbonyl (C=O) groups excluding carboxylic acids is 1. The van der Waals surface area contributed by atoms with Gasteiger partial charge in [-0.1, -0.05) is 0 Å². The van der Waals surface area contributed by atoms with Crippen LogP contribution in [0, 0.1) is 0 Å². The van der Waals surface area contributed by atoms with Crippen molar-refractivity contribution in [2.24, 2.45) is 0 Å². The zero-order chi connectivity index (χ0) is 20.4. The summed E-state index contributed by atoms with van der Waals surface area (Å²) < 4.78 is 23.7. The minimum Gasteiger partial charge on any atom is -0.395 e. The first-order valence-electron chi connectivity index (χ1n) is 8.86. The van der Waals surface area contributed by atoms with E-state index >= 15 is 0 Å². The summed E-state index contributed by atoms with van der Waals surface area (Å²) >= 11 is 0. The minimum absolute atomic E-state index is 0.142. The normalized spacial score (nSPS) is 15.5. The summed E-state index contributed by atoms with van der Waals surface area (Å²) in [7, 11) is -3.34. The molecule has 0 spiro atoms. The number of anilines is 2. The number of aliphatic hydroxyl groups excluding tert-OH is 1. The molecule has 1 aliphatic carbocycles. The number of nitrogen functional groups attached to an aromatic ring is 1. The molecule has 3 rings (SSSR count). The van der Waals surface area contributed by atoms with Gasteiger partial charge in [-0.05, 0) is 43.5 Å². The minimum atomic E-state index is -3.34. The number of nitrogens with zero attached hydrogens (tertiary/aromatic N) is 2. The number of urea groups is 1. The predicted molar refractivity (Wildman–Crippen MR) is 106 cm³/mol. The average molecular weight is 405 g/mol. The van der Waals surface area contributed by atoms with Gasteiger partial charge in [0.05, 0.1) is 12.3 Å². The standard InChI is InChI=1S/C18H23N5O4S/c1-28(26,27)18(7-2-8-18)14-11-15(19)23-16(22-14)12-3-5-13(6-4-12)21-17(25)20-9-10-24/h3-6,11,24H,2,7-10H2,1H3,(H2,19,22,23)(H2,20,21,25). The second-order valence-corrected chi connectivity index (χ2v) is 9.13. The van der Waals surface area contributed by atoms with Crippen molar-refractivity contribution in [2.75, 3.05) is 30.5 Å². The molecule has 2 amide bonds. The number of amides is 2. The second kappa shape index (κ2) is 7.72. The molecule has 1 saturated carbocycles. The quantitative estimate of drug-likeness (QED) is 0.565. The molecule has 1 aromatic carbocycles. The summed E-state index contributed by atoms with van der Waals surface area (Å²) in [6.07, 6.45) is 3.10. The maximum Gasteiger partial charge on any atom is 0.319 e. The van der Waals surface area contributed by atoms with Crippen molar-refractivity contribution in [3.63, 3.8) is 0 Å². The van der Waals surface area contributed by atoms with Crippen LogP contribution >= 0.6 is 0 Å². The van der Waals surface area contributed by atoms with Crippen molar-refractivity contribution < 1.29 is 18.3 Å². The van der Waals surface area contributed by atoms with Crippen LogP contribution in [0.4, 0.5) is 16.3 Å². The van der Waals surface area contributed by atoms with Crippen LogP contribution in [-0.4, -0.2) is 48.9 Å². The summed E-state index contributed by atoms with van der Waals surface area (Å²) in [6, 6.07) is 7.89. The van der Waals surface area contributed by atoms with Gasteiger partial charge in [-0.2, -0.15) is 0 Å². The van der Waals surface area contributed by atoms with Crippen LogP contribution < -0.4 is 16.4 Å². The first-order valence-corrected chi connectivity index (χ1v) is 10.7. The second-order valence-electron chi connectivity index (χ2n) is 6.80. The molecule has 0 aliphatic heterocycles. The molecule has 0 saturated heterocycles. The summed E-state index contributed by atoms with van der Waals surface area (Å²) in [5.41, 5.74) is 7.55. The summed E-state index contributed by atoms with van der Waals surface area (Å²) in [4.78, 5) is 20.4. The highest BCUT2D eigenvalue weighted by atomic mass is 32.2. The van der Waals surface area contributed by atoms with Crippen LogP contribution in [0.5, 0.6) is 0 Å². The van der Waals surface area contributed by atoms with E-state index in [0.717, 1.165) is 6.42 Å². The molecule has 150 valence electrons. The fraction of sp³-hybridized carbons (Fsp3) is 0.389. The van der Waals surface area contributed by atoms with Crippen molar-refractivity contribution in [1.29, 1.82) is 0 Å². The molecule has 5 N–H and O–H groups in total. The highest BCUT2D eigenvalue weighted by molar-refractivity contribution is 7.91. The van der Waals surface area contributed by atoms with Crippen LogP contribution in [0.1, 0.15) is 25.0 Å². The third-order valence-corrected chi connectivity index (χ3v) is 6.92. The zero-order valence-electron chi connectivity index (χ0n) is 15.5. The molecule has 1 heterocycles. The Labute approximate surface area is 163 Å². The first-order chi connectivity index (χ1) is 13.2. The zero-order valence-corrected chi connectivity index (χ0v) is 16.3. The molecule has 1 aliphatic rings. The highest BCUT2D eigenvalue weighted by Crippen LogP contribution is 2.47. The number of nitrogens with two attached hydrogens (primary N) is 1. The maximum absolute atomic E-state index is 12.4. The predicted octanol–water partition coefficient (Wildman–Crippen LogP) is 1.26. The van der Waals surface area contributed by atoms with Gasteiger partial charge in [0.1, 0.15) is 10.6 Å². The molecule has 9 nitrogen and oxygen atoms in total. The number of hydrogen-bond donors (Lipinski definition) is 4. The van der Waals surface area contributed by atoms with Gasteiger partial charge in [0.2, 0.25) is 0 Å². The van der Waals surface area contributed by atoms with E-state index in [1.54, 1.807) is 24.3 Å². The van der Waals surface area contributed by atoms with Gasteiger partial charge in [0.15, 0.2) is 15.7 Å². The maximum atomic E-state index is 12.4. The van der Waals surface area contributed by atoms with Crippen molar-refractivity contribution in [3.8, 4) is 11.4 Å². The van der Waals surface area contributed by atoms with Crippen molar-refractivity contribution in [1.82, 2.24) is 15.3 Å². The lowest BCUT2D eigenvalue weighted by Crippen LogP contribution is -2.42. The van der Waals surface area contributed by atoms with Crippen LogP contribution in [-0.2, 0) is 14.6 Å². The Morgan fingerprint density at radius 3 is 2.46 bits per heavy atom. The Morgan fingerprint density at radius 2 is 1.93 bits per heavy atom. The topological polar surface area (TPSA) is 147 Å². The lowest BCUT2D eigenvalue weighted by Gasteiger charge is -2.39. The van der Waals surface area contributed by atoms with Gasteiger partial charge in [-0.3, -0.25) is 0 Å². The summed E-state index contributed by atoms with van der Waals surface area (Å²) in [5.74, 6) is 0.543. The number of nitrogens with one attached hydrogen (secondary N) is 2. The summed E-state index contributed by atoms with van der Waals surface area (Å²) in [5, 5.41) is 13.8. The van der Waals surface area contributed by atoms with Gasteiger partial charge >= 0.3 is 6.03 Å². The highest BCUT2D eigenvalue weighted by Gasteiger charge is 2.49. The lowest BCUT2D eigenvalue weighted by atomic mass is 9.81. The molecule has 2 aromatic rings. The van der Waals surface area contributed by atoms with E-state index in [4.69, 9.17) is 10.8 Å². The molecule has 0 bridgehead atoms. The SMILES string of the molecule is CS(=O)(=O)C1(c2cc(N)nc(-c3ccc(NC(=O)NCCO)cc3)n2)CCC1. The number of hydrogen-bond acceptors (Lipinski definition) is 7. The van der Waals surface area contributed by atoms with Crippen LogP contribution in [0.25, 0.3) is 11.4 Å². The van der Waals surface area contributed by atoms with Crippen LogP contribution in [0.3, 0.4) is 0 Å². The van der Waals surface area contributed by atoms with E-state index in [1.807, 2.05) is 0 Å². The van der Waals surface area contributed by atoms with Gasteiger partial charge in [-0.15, -0.1) is 0 Å². The molecule has 0 atom stereocenters. The van der Waals surface area contributed by atoms with Crippen molar-refractivity contribution in [3.05, 3.63) is 36.0 Å². The number of sulfone groups is 1. The average Bonchev–Trinajstić information content (AvgIpc) is 2.58. The fourth-order valence-corrected chi connectivity index (χ4v) is 4.71. The molecule has 1 fully saturated rings. The van der Waals surface area contributed by atoms with E-state index in [-0.39, 0.29) is 19.0 Å². The number of aliphatic hydroxyl groups is 1. The molecule has 10 heteroatoms. The van der Waals surface area contributed by atoms with E-state index in [9.17, 15) is 13.2 Å². The lowest BCUT2D eigenvalue weighted by molar-refractivity contribution is 0.245. The largest absolute Gasteiger partial charge is 0.395 e. The molecular formula is C18H23N5O4S. The van der Waals surface area contributed by atoms with E-state index in [2.05, 4.69) is 20.6 Å². The smallest absolute Gasteiger partial charge is 0.319 e. The number of benzene rings is 1. The molecule has 0 unspecified atom stereocenters. The molecule has 28 heavy (non-hydrogen) atoms. The van der Waals surface area contributed by atoms with Crippen LogP contribution in [0.2, 0.25) is 0 Å². The third kappa shape index (κ3) is 3.92.